The summed E-state index contributed by atoms with van der Waals surface area (Å²) in [7, 11) is 2.20. The molecule has 3 aliphatic carbocycles. The number of rotatable bonds is 0. The molecule has 0 aromatic heterocycles. The average Bonchev–Trinajstić information content (AvgIpc) is 2.80. The van der Waals surface area contributed by atoms with Crippen molar-refractivity contribution >= 4 is 5.78 Å². The minimum atomic E-state index is -0.344. The SMILES string of the molecule is CN1[C@H]2[C@@H]3CCC(=O)[C@@H]4Oc5c(O)ccc6c5[C@@]43C[C@]621. The van der Waals surface area contributed by atoms with Crippen LogP contribution < -0.4 is 4.74 Å². The summed E-state index contributed by atoms with van der Waals surface area (Å²) in [4.78, 5) is 14.9. The van der Waals surface area contributed by atoms with Gasteiger partial charge in [0.15, 0.2) is 23.4 Å². The predicted molar refractivity (Wildman–Crippen MR) is 69.8 cm³/mol. The van der Waals surface area contributed by atoms with E-state index in [1.807, 2.05) is 0 Å². The summed E-state index contributed by atoms with van der Waals surface area (Å²) in [5.74, 6) is 1.54. The zero-order valence-corrected chi connectivity index (χ0v) is 11.2. The normalized spacial score (nSPS) is 51.8. The van der Waals surface area contributed by atoms with Crippen LogP contribution in [0.4, 0.5) is 0 Å². The largest absolute Gasteiger partial charge is 0.504 e. The van der Waals surface area contributed by atoms with Gasteiger partial charge in [0.25, 0.3) is 0 Å². The summed E-state index contributed by atoms with van der Waals surface area (Å²) in [5, 5.41) is 10.1. The van der Waals surface area contributed by atoms with E-state index in [-0.39, 0.29) is 28.6 Å². The molecule has 2 heterocycles. The molecule has 2 saturated carbocycles. The number of ketones is 1. The minimum Gasteiger partial charge on any atom is -0.504 e. The van der Waals surface area contributed by atoms with Gasteiger partial charge in [0, 0.05) is 18.0 Å². The zero-order chi connectivity index (χ0) is 13.4. The van der Waals surface area contributed by atoms with Crippen molar-refractivity contribution in [2.75, 3.05) is 7.05 Å². The van der Waals surface area contributed by atoms with Gasteiger partial charge in [0.1, 0.15) is 0 Å². The predicted octanol–water partition coefficient (Wildman–Crippen LogP) is 1.30. The standard InChI is InChI=1S/C16H15NO3/c1-17-13-8-3-5-10(19)14-15(8)6-16(13,17)7-2-4-9(18)12(20-14)11(7)15/h2,4,8,13-14,18H,3,5-6H2,1H3/t8-,13-,14-,15-,16-,17?/m0/s1. The van der Waals surface area contributed by atoms with Crippen LogP contribution in [-0.2, 0) is 15.7 Å². The summed E-state index contributed by atoms with van der Waals surface area (Å²) < 4.78 is 5.97. The number of piperidine rings is 1. The Morgan fingerprint density at radius 1 is 1.45 bits per heavy atom. The van der Waals surface area contributed by atoms with Gasteiger partial charge in [-0.2, -0.15) is 0 Å². The monoisotopic (exact) mass is 269 g/mol. The van der Waals surface area contributed by atoms with E-state index in [0.717, 1.165) is 12.8 Å². The second kappa shape index (κ2) is 2.50. The number of phenolic OH excluding ortho intramolecular Hbond substituents is 1. The molecule has 1 unspecified atom stereocenters. The summed E-state index contributed by atoms with van der Waals surface area (Å²) >= 11 is 0. The van der Waals surface area contributed by atoms with Crippen LogP contribution in [0.2, 0.25) is 0 Å². The van der Waals surface area contributed by atoms with E-state index in [0.29, 0.717) is 24.1 Å². The molecule has 1 aromatic carbocycles. The molecular formula is C16H15NO3. The number of carbonyl (C=O) groups is 1. The Morgan fingerprint density at radius 2 is 2.30 bits per heavy atom. The first-order valence-electron chi connectivity index (χ1n) is 7.41. The lowest BCUT2D eigenvalue weighted by atomic mass is 9.62. The molecule has 0 radical (unpaired) electrons. The maximum absolute atomic E-state index is 12.4. The maximum atomic E-state index is 12.4. The first-order valence-corrected chi connectivity index (χ1v) is 7.41. The summed E-state index contributed by atoms with van der Waals surface area (Å²) in [6.07, 6.45) is 2.27. The third kappa shape index (κ3) is 0.672. The molecule has 1 saturated heterocycles. The number of carbonyl (C=O) groups excluding carboxylic acids is 1. The number of hydrogen-bond donors (Lipinski definition) is 1. The fourth-order valence-corrected chi connectivity index (χ4v) is 6.26. The Hall–Kier alpha value is -1.55. The van der Waals surface area contributed by atoms with Gasteiger partial charge in [-0.15, -0.1) is 0 Å². The van der Waals surface area contributed by atoms with Gasteiger partial charge in [0.05, 0.1) is 11.0 Å². The summed E-state index contributed by atoms with van der Waals surface area (Å²) in [6.45, 7) is 0. The number of fused-ring (bicyclic) bond motifs is 1. The number of likely N-dealkylation sites (tertiary alicyclic amines) is 1. The first-order chi connectivity index (χ1) is 9.62. The average molecular weight is 269 g/mol. The second-order valence-corrected chi connectivity index (χ2v) is 7.14. The molecule has 2 bridgehead atoms. The fourth-order valence-electron chi connectivity index (χ4n) is 6.26. The van der Waals surface area contributed by atoms with Crippen molar-refractivity contribution in [1.29, 1.82) is 0 Å². The number of phenols is 1. The highest BCUT2D eigenvalue weighted by atomic mass is 16.5. The Labute approximate surface area is 116 Å². The molecule has 4 nitrogen and oxygen atoms in total. The Bertz CT molecular complexity index is 729. The number of nitrogens with zero attached hydrogens (tertiary/aromatic N) is 1. The molecular weight excluding hydrogens is 254 g/mol. The highest BCUT2D eigenvalue weighted by Crippen LogP contribution is 2.80. The first kappa shape index (κ1) is 10.2. The van der Waals surface area contributed by atoms with Crippen LogP contribution in [0.5, 0.6) is 11.5 Å². The molecule has 102 valence electrons. The molecule has 1 N–H and O–H groups in total. The zero-order valence-electron chi connectivity index (χ0n) is 11.2. The van der Waals surface area contributed by atoms with Gasteiger partial charge in [-0.25, -0.2) is 0 Å². The van der Waals surface area contributed by atoms with E-state index >= 15 is 0 Å². The molecule has 2 spiro atoms. The van der Waals surface area contributed by atoms with Crippen molar-refractivity contribution < 1.29 is 14.6 Å². The van der Waals surface area contributed by atoms with E-state index in [1.54, 1.807) is 6.07 Å². The van der Waals surface area contributed by atoms with Gasteiger partial charge in [-0.05, 0) is 37.4 Å². The number of benzene rings is 1. The molecule has 5 aliphatic rings. The number of likely N-dealkylation sites (N-methyl/N-ethyl adjacent to an activating group) is 1. The highest BCUT2D eigenvalue weighted by molar-refractivity contribution is 5.90. The number of aromatic hydroxyl groups is 1. The molecule has 6 atom stereocenters. The molecule has 2 aliphatic heterocycles. The Kier molecular flexibility index (Phi) is 1.28. The number of Topliss-reactive ketones (excluding diaryl/α,β-unsaturated/α-hetero) is 1. The second-order valence-electron chi connectivity index (χ2n) is 7.14. The van der Waals surface area contributed by atoms with Crippen LogP contribution >= 0.6 is 0 Å². The Balaban J connectivity index is 1.76. The molecule has 20 heavy (non-hydrogen) atoms. The maximum Gasteiger partial charge on any atom is 0.174 e. The molecule has 3 fully saturated rings. The van der Waals surface area contributed by atoms with Crippen molar-refractivity contribution in [2.24, 2.45) is 5.92 Å². The van der Waals surface area contributed by atoms with Crippen molar-refractivity contribution in [2.45, 2.75) is 42.4 Å². The van der Waals surface area contributed by atoms with E-state index < -0.39 is 0 Å². The van der Waals surface area contributed by atoms with Gasteiger partial charge in [-0.1, -0.05) is 6.07 Å². The smallest absolute Gasteiger partial charge is 0.174 e. The van der Waals surface area contributed by atoms with Crippen LogP contribution in [0, 0.1) is 5.92 Å². The van der Waals surface area contributed by atoms with E-state index in [9.17, 15) is 9.90 Å². The minimum absolute atomic E-state index is 0.129. The molecule has 4 heteroatoms. The molecule has 0 amide bonds. The summed E-state index contributed by atoms with van der Waals surface area (Å²) in [6, 6.07) is 4.37. The number of hydrogen-bond acceptors (Lipinski definition) is 4. The van der Waals surface area contributed by atoms with Gasteiger partial charge < -0.3 is 9.84 Å². The van der Waals surface area contributed by atoms with Crippen LogP contribution in [0.1, 0.15) is 30.4 Å². The molecule has 1 aromatic rings. The lowest BCUT2D eigenvalue weighted by Gasteiger charge is -2.40. The van der Waals surface area contributed by atoms with Crippen molar-refractivity contribution in [3.05, 3.63) is 23.3 Å². The molecule has 6 rings (SSSR count). The third-order valence-corrected chi connectivity index (χ3v) is 6.84. The van der Waals surface area contributed by atoms with Crippen LogP contribution in [0.25, 0.3) is 0 Å². The fraction of sp³-hybridized carbons (Fsp3) is 0.562. The lowest BCUT2D eigenvalue weighted by Crippen LogP contribution is -2.52. The van der Waals surface area contributed by atoms with E-state index in [4.69, 9.17) is 4.74 Å². The summed E-state index contributed by atoms with van der Waals surface area (Å²) in [5.41, 5.74) is 2.48. The third-order valence-electron chi connectivity index (χ3n) is 6.84. The van der Waals surface area contributed by atoms with Gasteiger partial charge in [0.2, 0.25) is 0 Å². The van der Waals surface area contributed by atoms with Crippen LogP contribution in [-0.4, -0.2) is 35.0 Å². The topological polar surface area (TPSA) is 49.5 Å². The quantitative estimate of drug-likeness (QED) is 0.721. The number of ether oxygens (including phenoxy) is 1. The lowest BCUT2D eigenvalue weighted by molar-refractivity contribution is -0.132. The van der Waals surface area contributed by atoms with E-state index in [1.165, 1.54) is 11.1 Å². The van der Waals surface area contributed by atoms with Crippen LogP contribution in [0.15, 0.2) is 12.1 Å². The van der Waals surface area contributed by atoms with Gasteiger partial charge in [-0.3, -0.25) is 9.69 Å². The Morgan fingerprint density at radius 3 is 3.15 bits per heavy atom. The van der Waals surface area contributed by atoms with Crippen molar-refractivity contribution in [1.82, 2.24) is 4.90 Å². The van der Waals surface area contributed by atoms with Crippen molar-refractivity contribution in [3.63, 3.8) is 0 Å². The van der Waals surface area contributed by atoms with Crippen molar-refractivity contribution in [3.8, 4) is 11.5 Å². The van der Waals surface area contributed by atoms with Crippen LogP contribution in [0.3, 0.4) is 0 Å². The van der Waals surface area contributed by atoms with E-state index in [2.05, 4.69) is 18.0 Å². The van der Waals surface area contributed by atoms with Gasteiger partial charge >= 0.3 is 0 Å². The highest BCUT2D eigenvalue weighted by Gasteiger charge is 2.85.